The summed E-state index contributed by atoms with van der Waals surface area (Å²) < 4.78 is 16.4. The Labute approximate surface area is 223 Å². The molecule has 0 bridgehead atoms. The zero-order valence-electron chi connectivity index (χ0n) is 22.1. The van der Waals surface area contributed by atoms with Crippen molar-refractivity contribution in [3.63, 3.8) is 0 Å². The van der Waals surface area contributed by atoms with Crippen molar-refractivity contribution in [2.45, 2.75) is 38.1 Å². The summed E-state index contributed by atoms with van der Waals surface area (Å²) in [4.78, 5) is 29.4. The first-order valence-corrected chi connectivity index (χ1v) is 12.8. The fourth-order valence-electron chi connectivity index (χ4n) is 5.49. The van der Waals surface area contributed by atoms with Crippen LogP contribution in [-0.4, -0.2) is 33.0 Å². The van der Waals surface area contributed by atoms with E-state index in [1.807, 2.05) is 73.7 Å². The molecule has 0 saturated carbocycles. The minimum atomic E-state index is -0.613. The largest absolute Gasteiger partial charge is 0.497 e. The Morgan fingerprint density at radius 2 is 1.61 bits per heavy atom. The van der Waals surface area contributed by atoms with Gasteiger partial charge in [0.2, 0.25) is 5.91 Å². The molecule has 38 heavy (non-hydrogen) atoms. The fourth-order valence-corrected chi connectivity index (χ4v) is 5.49. The van der Waals surface area contributed by atoms with E-state index in [0.29, 0.717) is 36.3 Å². The van der Waals surface area contributed by atoms with E-state index in [1.54, 1.807) is 26.2 Å². The number of ketones is 1. The number of methoxy groups -OCH3 is 3. The molecule has 5 rings (SSSR count). The highest BCUT2D eigenvalue weighted by molar-refractivity contribution is 6.06. The quantitative estimate of drug-likeness (QED) is 0.435. The van der Waals surface area contributed by atoms with E-state index in [2.05, 4.69) is 5.32 Å². The molecule has 3 aromatic rings. The van der Waals surface area contributed by atoms with Crippen LogP contribution in [-0.2, 0) is 9.59 Å². The van der Waals surface area contributed by atoms with Crippen LogP contribution in [0.15, 0.2) is 78.0 Å². The maximum Gasteiger partial charge on any atom is 0.227 e. The molecule has 7 heteroatoms. The second-order valence-corrected chi connectivity index (χ2v) is 9.47. The molecule has 1 amide bonds. The zero-order valence-corrected chi connectivity index (χ0v) is 22.1. The number of carbonyl (C=O) groups excluding carboxylic acids is 2. The molecule has 2 aliphatic rings. The summed E-state index contributed by atoms with van der Waals surface area (Å²) in [7, 11) is 4.80. The summed E-state index contributed by atoms with van der Waals surface area (Å²) in [5.74, 6) is 1.85. The Morgan fingerprint density at radius 3 is 2.29 bits per heavy atom. The number of allylic oxidation sites excluding steroid dienone is 1. The average Bonchev–Trinajstić information content (AvgIpc) is 3.11. The molecular weight excluding hydrogens is 480 g/mol. The molecule has 1 aliphatic carbocycles. The number of carbonyl (C=O) groups is 2. The SMILES string of the molecule is CCC(=O)N1c2ccccc2NC2=C(C(=O)C[C@H](c3ccc(OC)cc3)C2)[C@H]1c1ccc(OC)c(OC)c1. The van der Waals surface area contributed by atoms with Crippen molar-refractivity contribution in [3.8, 4) is 17.2 Å². The highest BCUT2D eigenvalue weighted by Crippen LogP contribution is 2.48. The lowest BCUT2D eigenvalue weighted by atomic mass is 9.78. The normalized spacial score (nSPS) is 18.6. The Balaban J connectivity index is 1.69. The van der Waals surface area contributed by atoms with E-state index in [1.165, 1.54) is 0 Å². The van der Waals surface area contributed by atoms with Crippen LogP contribution in [0.25, 0.3) is 0 Å². The maximum atomic E-state index is 14.0. The molecule has 3 aromatic carbocycles. The second kappa shape index (κ2) is 10.6. The van der Waals surface area contributed by atoms with Crippen molar-refractivity contribution in [1.82, 2.24) is 0 Å². The van der Waals surface area contributed by atoms with Gasteiger partial charge in [0.25, 0.3) is 0 Å². The number of benzene rings is 3. The van der Waals surface area contributed by atoms with Gasteiger partial charge in [-0.15, -0.1) is 0 Å². The standard InChI is InChI=1S/C31H32N2O5/c1-5-29(35)33-25-9-7-6-8-23(25)32-24-16-21(19-10-13-22(36-2)14-11-19)17-26(34)30(24)31(33)20-12-15-27(37-3)28(18-20)38-4/h6-15,18,21,31-32H,5,16-17H2,1-4H3/t21-,31-/m1/s1. The van der Waals surface area contributed by atoms with Gasteiger partial charge in [-0.1, -0.05) is 37.3 Å². The van der Waals surface area contributed by atoms with Gasteiger partial charge < -0.3 is 19.5 Å². The molecule has 0 spiro atoms. The van der Waals surface area contributed by atoms with Crippen molar-refractivity contribution >= 4 is 23.1 Å². The predicted molar refractivity (Wildman–Crippen MR) is 147 cm³/mol. The molecule has 1 heterocycles. The number of nitrogens with one attached hydrogen (secondary N) is 1. The Kier molecular flexibility index (Phi) is 7.09. The Bertz CT molecular complexity index is 1400. The molecule has 0 aromatic heterocycles. The van der Waals surface area contributed by atoms with E-state index >= 15 is 0 Å². The van der Waals surface area contributed by atoms with Crippen molar-refractivity contribution in [2.75, 3.05) is 31.5 Å². The Morgan fingerprint density at radius 1 is 0.895 bits per heavy atom. The van der Waals surface area contributed by atoms with Crippen LogP contribution in [0.3, 0.4) is 0 Å². The molecule has 1 N–H and O–H groups in total. The van der Waals surface area contributed by atoms with Gasteiger partial charge in [0, 0.05) is 24.1 Å². The lowest BCUT2D eigenvalue weighted by Crippen LogP contribution is -2.38. The van der Waals surface area contributed by atoms with E-state index in [-0.39, 0.29) is 17.6 Å². The van der Waals surface area contributed by atoms with E-state index in [0.717, 1.165) is 33.9 Å². The van der Waals surface area contributed by atoms with Crippen LogP contribution in [0.5, 0.6) is 17.2 Å². The van der Waals surface area contributed by atoms with Gasteiger partial charge in [-0.25, -0.2) is 0 Å². The van der Waals surface area contributed by atoms with Crippen molar-refractivity contribution < 1.29 is 23.8 Å². The monoisotopic (exact) mass is 512 g/mol. The van der Waals surface area contributed by atoms with Crippen LogP contribution in [0, 0.1) is 0 Å². The number of para-hydroxylation sites is 2. The van der Waals surface area contributed by atoms with Crippen LogP contribution in [0.2, 0.25) is 0 Å². The number of hydrogen-bond acceptors (Lipinski definition) is 6. The summed E-state index contributed by atoms with van der Waals surface area (Å²) in [6, 6.07) is 20.6. The van der Waals surface area contributed by atoms with Crippen molar-refractivity contribution in [3.05, 3.63) is 89.1 Å². The predicted octanol–water partition coefficient (Wildman–Crippen LogP) is 6.02. The minimum Gasteiger partial charge on any atom is -0.497 e. The van der Waals surface area contributed by atoms with Crippen LogP contribution < -0.4 is 24.4 Å². The number of rotatable bonds is 6. The van der Waals surface area contributed by atoms with E-state index in [9.17, 15) is 9.59 Å². The third kappa shape index (κ3) is 4.49. The molecule has 196 valence electrons. The van der Waals surface area contributed by atoms with E-state index in [4.69, 9.17) is 14.2 Å². The van der Waals surface area contributed by atoms with Crippen LogP contribution in [0.1, 0.15) is 49.3 Å². The summed E-state index contributed by atoms with van der Waals surface area (Å²) in [6.45, 7) is 1.84. The smallest absolute Gasteiger partial charge is 0.227 e. The summed E-state index contributed by atoms with van der Waals surface area (Å²) in [5, 5.41) is 3.56. The van der Waals surface area contributed by atoms with E-state index < -0.39 is 6.04 Å². The van der Waals surface area contributed by atoms with Crippen molar-refractivity contribution in [2.24, 2.45) is 0 Å². The highest BCUT2D eigenvalue weighted by atomic mass is 16.5. The first-order chi connectivity index (χ1) is 18.5. The number of ether oxygens (including phenoxy) is 3. The Hall–Kier alpha value is -4.26. The van der Waals surface area contributed by atoms with Gasteiger partial charge in [0.05, 0.1) is 38.7 Å². The molecular formula is C31H32N2O5. The molecule has 0 saturated heterocycles. The van der Waals surface area contributed by atoms with Gasteiger partial charge in [-0.2, -0.15) is 0 Å². The topological polar surface area (TPSA) is 77.1 Å². The second-order valence-electron chi connectivity index (χ2n) is 9.47. The summed E-state index contributed by atoms with van der Waals surface area (Å²) >= 11 is 0. The number of hydrogen-bond donors (Lipinski definition) is 1. The molecule has 0 unspecified atom stereocenters. The number of amides is 1. The first-order valence-electron chi connectivity index (χ1n) is 12.8. The summed E-state index contributed by atoms with van der Waals surface area (Å²) in [6.07, 6.45) is 1.28. The lowest BCUT2D eigenvalue weighted by molar-refractivity contribution is -0.119. The third-order valence-corrected chi connectivity index (χ3v) is 7.37. The van der Waals surface area contributed by atoms with Crippen molar-refractivity contribution in [1.29, 1.82) is 0 Å². The number of nitrogens with zero attached hydrogens (tertiary/aromatic N) is 1. The zero-order chi connectivity index (χ0) is 26.8. The van der Waals surface area contributed by atoms with Gasteiger partial charge in [-0.05, 0) is 59.9 Å². The molecule has 7 nitrogen and oxygen atoms in total. The van der Waals surface area contributed by atoms with Crippen LogP contribution in [0.4, 0.5) is 11.4 Å². The van der Waals surface area contributed by atoms with Crippen LogP contribution >= 0.6 is 0 Å². The minimum absolute atomic E-state index is 0.00583. The number of anilines is 2. The van der Waals surface area contributed by atoms with Gasteiger partial charge in [0.1, 0.15) is 5.75 Å². The summed E-state index contributed by atoms with van der Waals surface area (Å²) in [5.41, 5.74) is 4.84. The molecule has 0 fully saturated rings. The van der Waals surface area contributed by atoms with Gasteiger partial charge in [0.15, 0.2) is 17.3 Å². The maximum absolute atomic E-state index is 14.0. The van der Waals surface area contributed by atoms with Gasteiger partial charge >= 0.3 is 0 Å². The average molecular weight is 513 g/mol. The fraction of sp³-hybridized carbons (Fsp3) is 0.290. The van der Waals surface area contributed by atoms with Gasteiger partial charge in [-0.3, -0.25) is 14.5 Å². The molecule has 1 aliphatic heterocycles. The lowest BCUT2D eigenvalue weighted by Gasteiger charge is -2.35. The number of Topliss-reactive ketones (excluding diaryl/α,β-unsaturated/α-hetero) is 1. The number of fused-ring (bicyclic) bond motifs is 1. The highest BCUT2D eigenvalue weighted by Gasteiger charge is 2.41. The third-order valence-electron chi connectivity index (χ3n) is 7.37. The first kappa shape index (κ1) is 25.4. The molecule has 2 atom stereocenters. The molecule has 0 radical (unpaired) electrons.